The van der Waals surface area contributed by atoms with Gasteiger partial charge in [-0.15, -0.1) is 11.3 Å². The summed E-state index contributed by atoms with van der Waals surface area (Å²) in [4.78, 5) is 9.95. The maximum Gasteiger partial charge on any atom is 0.512 e. The lowest BCUT2D eigenvalue weighted by Gasteiger charge is -1.94. The Kier molecular flexibility index (Phi) is 1.77. The van der Waals surface area contributed by atoms with Crippen LogP contribution in [0.2, 0.25) is 0 Å². The Morgan fingerprint density at radius 2 is 2.50 bits per heavy atom. The van der Waals surface area contributed by atoms with E-state index in [4.69, 9.17) is 10.8 Å². The highest BCUT2D eigenvalue weighted by Gasteiger charge is 2.04. The number of rotatable bonds is 1. The van der Waals surface area contributed by atoms with Gasteiger partial charge in [0, 0.05) is 0 Å². The Bertz CT molecular complexity index is 245. The average molecular weight is 159 g/mol. The predicted octanol–water partition coefficient (Wildman–Crippen LogP) is 1.39. The third kappa shape index (κ3) is 1.38. The minimum atomic E-state index is -1.34. The molecule has 54 valence electrons. The van der Waals surface area contributed by atoms with E-state index in [9.17, 15) is 4.79 Å². The number of nitrogens with two attached hydrogens (primary N) is 1. The van der Waals surface area contributed by atoms with Gasteiger partial charge in [0.15, 0.2) is 0 Å². The third-order valence-corrected chi connectivity index (χ3v) is 1.64. The van der Waals surface area contributed by atoms with Gasteiger partial charge in [-0.3, -0.25) is 0 Å². The maximum atomic E-state index is 9.95. The Balaban J connectivity index is 2.74. The van der Waals surface area contributed by atoms with Gasteiger partial charge < -0.3 is 15.6 Å². The summed E-state index contributed by atoms with van der Waals surface area (Å²) in [6, 6.07) is 1.59. The Labute approximate surface area is 60.8 Å². The predicted molar refractivity (Wildman–Crippen MR) is 37.4 cm³/mol. The lowest BCUT2D eigenvalue weighted by molar-refractivity contribution is 0.146. The van der Waals surface area contributed by atoms with Crippen LogP contribution in [0, 0.1) is 0 Å². The van der Waals surface area contributed by atoms with Crippen molar-refractivity contribution in [1.29, 1.82) is 0 Å². The summed E-state index contributed by atoms with van der Waals surface area (Å²) < 4.78 is 4.30. The smallest absolute Gasteiger partial charge is 0.449 e. The lowest BCUT2D eigenvalue weighted by atomic mass is 10.5. The summed E-state index contributed by atoms with van der Waals surface area (Å²) in [6.45, 7) is 0. The second kappa shape index (κ2) is 2.57. The molecule has 0 bridgehead atoms. The number of hydrogen-bond donors (Lipinski definition) is 2. The first kappa shape index (κ1) is 6.88. The number of thiophene rings is 1. The van der Waals surface area contributed by atoms with E-state index >= 15 is 0 Å². The first-order valence-corrected chi connectivity index (χ1v) is 3.32. The monoisotopic (exact) mass is 159 g/mol. The largest absolute Gasteiger partial charge is 0.512 e. The van der Waals surface area contributed by atoms with Crippen LogP contribution in [0.1, 0.15) is 0 Å². The molecule has 0 unspecified atom stereocenters. The highest BCUT2D eigenvalue weighted by molar-refractivity contribution is 7.12. The minimum absolute atomic E-state index is 0.229. The molecule has 0 aliphatic rings. The Morgan fingerprint density at radius 3 is 2.90 bits per heavy atom. The highest BCUT2D eigenvalue weighted by atomic mass is 32.1. The van der Waals surface area contributed by atoms with Gasteiger partial charge in [-0.25, -0.2) is 4.79 Å². The zero-order chi connectivity index (χ0) is 7.56. The van der Waals surface area contributed by atoms with Crippen molar-refractivity contribution in [3.05, 3.63) is 11.4 Å². The molecule has 0 spiro atoms. The summed E-state index contributed by atoms with van der Waals surface area (Å²) in [5, 5.41) is 10.0. The van der Waals surface area contributed by atoms with Crippen LogP contribution in [0.25, 0.3) is 0 Å². The number of anilines is 1. The summed E-state index contributed by atoms with van der Waals surface area (Å²) in [6.07, 6.45) is -1.34. The molecule has 3 N–H and O–H groups in total. The van der Waals surface area contributed by atoms with Crippen molar-refractivity contribution in [3.63, 3.8) is 0 Å². The summed E-state index contributed by atoms with van der Waals surface area (Å²) >= 11 is 1.15. The second-order valence-electron chi connectivity index (χ2n) is 1.53. The first-order chi connectivity index (χ1) is 4.70. The summed E-state index contributed by atoms with van der Waals surface area (Å²) in [5.41, 5.74) is 5.66. The van der Waals surface area contributed by atoms with Gasteiger partial charge in [-0.05, 0) is 11.4 Å². The topological polar surface area (TPSA) is 72.5 Å². The number of ether oxygens (including phenoxy) is 1. The van der Waals surface area contributed by atoms with E-state index in [1.165, 1.54) is 0 Å². The molecule has 1 heterocycles. The molecular formula is C5H5NO3S. The lowest BCUT2D eigenvalue weighted by Crippen LogP contribution is -2.02. The van der Waals surface area contributed by atoms with Crippen LogP contribution < -0.4 is 10.5 Å². The van der Waals surface area contributed by atoms with Crippen molar-refractivity contribution < 1.29 is 14.6 Å². The molecule has 0 aliphatic heterocycles. The summed E-state index contributed by atoms with van der Waals surface area (Å²) in [5.74, 6) is 0. The van der Waals surface area contributed by atoms with Gasteiger partial charge >= 0.3 is 6.16 Å². The Morgan fingerprint density at radius 1 is 1.80 bits per heavy atom. The number of carboxylic acid groups (broad SMARTS) is 1. The normalized spacial score (nSPS) is 9.20. The van der Waals surface area contributed by atoms with Crippen molar-refractivity contribution in [1.82, 2.24) is 0 Å². The van der Waals surface area contributed by atoms with E-state index in [-0.39, 0.29) is 5.06 Å². The zero-order valence-electron chi connectivity index (χ0n) is 4.90. The molecule has 0 amide bonds. The minimum Gasteiger partial charge on any atom is -0.449 e. The van der Waals surface area contributed by atoms with Crippen LogP contribution >= 0.6 is 11.3 Å². The molecule has 4 nitrogen and oxygen atoms in total. The molecule has 1 aromatic heterocycles. The molecule has 0 fully saturated rings. The van der Waals surface area contributed by atoms with Crippen LogP contribution in [0.3, 0.4) is 0 Å². The standard InChI is InChI=1S/C5H5NO3S/c6-3-1-2-10-4(3)9-5(7)8/h1-2H,6H2,(H,7,8). The number of hydrogen-bond acceptors (Lipinski definition) is 4. The molecule has 0 radical (unpaired) electrons. The van der Waals surface area contributed by atoms with E-state index in [1.54, 1.807) is 11.4 Å². The van der Waals surface area contributed by atoms with Crippen molar-refractivity contribution in [2.45, 2.75) is 0 Å². The molecule has 5 heteroatoms. The fraction of sp³-hybridized carbons (Fsp3) is 0. The number of carbonyl (C=O) groups is 1. The fourth-order valence-electron chi connectivity index (χ4n) is 0.467. The molecule has 1 aromatic rings. The second-order valence-corrected chi connectivity index (χ2v) is 2.41. The molecule has 10 heavy (non-hydrogen) atoms. The van der Waals surface area contributed by atoms with Crippen molar-refractivity contribution in [3.8, 4) is 5.06 Å². The van der Waals surface area contributed by atoms with Gasteiger partial charge in [-0.2, -0.15) is 0 Å². The van der Waals surface area contributed by atoms with E-state index in [0.717, 1.165) is 11.3 Å². The molecule has 0 saturated carbocycles. The van der Waals surface area contributed by atoms with Crippen LogP contribution in [0.5, 0.6) is 5.06 Å². The maximum absolute atomic E-state index is 9.95. The van der Waals surface area contributed by atoms with Gasteiger partial charge in [0.1, 0.15) is 0 Å². The average Bonchev–Trinajstić information content (AvgIpc) is 2.15. The van der Waals surface area contributed by atoms with Gasteiger partial charge in [-0.1, -0.05) is 0 Å². The first-order valence-electron chi connectivity index (χ1n) is 2.44. The van der Waals surface area contributed by atoms with Gasteiger partial charge in [0.25, 0.3) is 0 Å². The van der Waals surface area contributed by atoms with Crippen molar-refractivity contribution in [2.75, 3.05) is 5.73 Å². The van der Waals surface area contributed by atoms with Gasteiger partial charge in [0.05, 0.1) is 5.69 Å². The Hall–Kier alpha value is -1.23. The molecular weight excluding hydrogens is 154 g/mol. The van der Waals surface area contributed by atoms with Gasteiger partial charge in [0.2, 0.25) is 5.06 Å². The van der Waals surface area contributed by atoms with Crippen LogP contribution in [-0.2, 0) is 0 Å². The molecule has 0 aliphatic carbocycles. The van der Waals surface area contributed by atoms with Crippen LogP contribution in [0.4, 0.5) is 10.5 Å². The van der Waals surface area contributed by atoms with E-state index in [1.807, 2.05) is 0 Å². The zero-order valence-corrected chi connectivity index (χ0v) is 5.72. The van der Waals surface area contributed by atoms with Crippen molar-refractivity contribution in [2.24, 2.45) is 0 Å². The third-order valence-electron chi connectivity index (χ3n) is 0.838. The van der Waals surface area contributed by atoms with Crippen molar-refractivity contribution >= 4 is 23.2 Å². The number of nitrogen functional groups attached to an aromatic ring is 1. The SMILES string of the molecule is Nc1ccsc1OC(=O)O. The van der Waals surface area contributed by atoms with E-state index in [0.29, 0.717) is 5.69 Å². The molecule has 0 saturated heterocycles. The molecule has 1 rings (SSSR count). The molecule has 0 atom stereocenters. The summed E-state index contributed by atoms with van der Waals surface area (Å²) in [7, 11) is 0. The van der Waals surface area contributed by atoms with E-state index in [2.05, 4.69) is 4.74 Å². The fourth-order valence-corrected chi connectivity index (χ4v) is 1.13. The van der Waals surface area contributed by atoms with E-state index < -0.39 is 6.16 Å². The molecule has 0 aromatic carbocycles. The van der Waals surface area contributed by atoms with Crippen LogP contribution in [0.15, 0.2) is 11.4 Å². The van der Waals surface area contributed by atoms with Crippen LogP contribution in [-0.4, -0.2) is 11.3 Å². The highest BCUT2D eigenvalue weighted by Crippen LogP contribution is 2.27. The quantitative estimate of drug-likeness (QED) is 0.607.